The minimum Gasteiger partial charge on any atom is -0.497 e. The van der Waals surface area contributed by atoms with Gasteiger partial charge in [-0.25, -0.2) is 0 Å². The van der Waals surface area contributed by atoms with Gasteiger partial charge in [-0.15, -0.1) is 24.0 Å². The lowest BCUT2D eigenvalue weighted by atomic mass is 10.1. The third-order valence-electron chi connectivity index (χ3n) is 2.69. The summed E-state index contributed by atoms with van der Waals surface area (Å²) in [5.74, 6) is 1.68. The lowest BCUT2D eigenvalue weighted by Crippen LogP contribution is -2.39. The average Bonchev–Trinajstić information content (AvgIpc) is 2.46. The first kappa shape index (κ1) is 19.0. The van der Waals surface area contributed by atoms with E-state index in [0.29, 0.717) is 6.61 Å². The monoisotopic (exact) mass is 393 g/mol. The Kier molecular flexibility index (Phi) is 11.2. The number of rotatable bonds is 7. The molecule has 0 radical (unpaired) electrons. The fourth-order valence-corrected chi connectivity index (χ4v) is 1.61. The van der Waals surface area contributed by atoms with Gasteiger partial charge in [-0.1, -0.05) is 12.1 Å². The second-order valence-corrected chi connectivity index (χ2v) is 4.02. The smallest absolute Gasteiger partial charge is 0.191 e. The number of nitrogens with one attached hydrogen (secondary N) is 2. The van der Waals surface area contributed by atoms with Crippen molar-refractivity contribution in [1.82, 2.24) is 10.6 Å². The van der Waals surface area contributed by atoms with Gasteiger partial charge in [0.15, 0.2) is 5.96 Å². The van der Waals surface area contributed by atoms with Crippen molar-refractivity contribution in [1.29, 1.82) is 0 Å². The van der Waals surface area contributed by atoms with E-state index in [9.17, 15) is 0 Å². The zero-order valence-corrected chi connectivity index (χ0v) is 14.6. The van der Waals surface area contributed by atoms with Crippen LogP contribution in [0.3, 0.4) is 0 Å². The number of guanidine groups is 1. The second kappa shape index (κ2) is 11.8. The van der Waals surface area contributed by atoms with Crippen LogP contribution >= 0.6 is 24.0 Å². The highest BCUT2D eigenvalue weighted by molar-refractivity contribution is 14.0. The van der Waals surface area contributed by atoms with E-state index in [-0.39, 0.29) is 24.0 Å². The van der Waals surface area contributed by atoms with Crippen LogP contribution in [0.4, 0.5) is 0 Å². The summed E-state index contributed by atoms with van der Waals surface area (Å²) in [7, 11) is 5.11. The van der Waals surface area contributed by atoms with E-state index in [1.807, 2.05) is 12.1 Å². The number of halogens is 1. The van der Waals surface area contributed by atoms with Gasteiger partial charge in [0.25, 0.3) is 0 Å². The van der Waals surface area contributed by atoms with Gasteiger partial charge in [-0.05, 0) is 24.1 Å². The van der Waals surface area contributed by atoms with Crippen LogP contribution in [-0.2, 0) is 11.2 Å². The molecule has 1 aromatic carbocycles. The van der Waals surface area contributed by atoms with Gasteiger partial charge in [-0.3, -0.25) is 4.99 Å². The van der Waals surface area contributed by atoms with Crippen molar-refractivity contribution < 1.29 is 9.47 Å². The van der Waals surface area contributed by atoms with E-state index in [0.717, 1.165) is 31.2 Å². The Balaban J connectivity index is 0.00000361. The summed E-state index contributed by atoms with van der Waals surface area (Å²) >= 11 is 0. The van der Waals surface area contributed by atoms with E-state index in [2.05, 4.69) is 27.8 Å². The third kappa shape index (κ3) is 7.54. The molecule has 0 atom stereocenters. The molecule has 1 aromatic rings. The molecule has 0 unspecified atom stereocenters. The molecule has 0 spiro atoms. The quantitative estimate of drug-likeness (QED) is 0.320. The van der Waals surface area contributed by atoms with Crippen molar-refractivity contribution in [3.05, 3.63) is 29.8 Å². The largest absolute Gasteiger partial charge is 0.497 e. The first-order chi connectivity index (χ1) is 9.30. The average molecular weight is 393 g/mol. The molecule has 0 aliphatic rings. The number of benzene rings is 1. The summed E-state index contributed by atoms with van der Waals surface area (Å²) in [6.07, 6.45) is 0.939. The lowest BCUT2D eigenvalue weighted by molar-refractivity contribution is 0.203. The Bertz CT molecular complexity index is 383. The predicted octanol–water partition coefficient (Wildman–Crippen LogP) is 1.67. The molecule has 0 amide bonds. The maximum absolute atomic E-state index is 5.13. The topological polar surface area (TPSA) is 54.9 Å². The Labute approximate surface area is 138 Å². The number of ether oxygens (including phenoxy) is 2. The molecule has 0 saturated carbocycles. The van der Waals surface area contributed by atoms with Crippen molar-refractivity contribution in [2.75, 3.05) is 41.0 Å². The molecule has 0 aliphatic carbocycles. The zero-order valence-electron chi connectivity index (χ0n) is 12.3. The molecule has 114 valence electrons. The van der Waals surface area contributed by atoms with Crippen LogP contribution in [0.2, 0.25) is 0 Å². The molecule has 6 heteroatoms. The third-order valence-corrected chi connectivity index (χ3v) is 2.69. The van der Waals surface area contributed by atoms with Crippen LogP contribution in [-0.4, -0.2) is 46.9 Å². The van der Waals surface area contributed by atoms with Gasteiger partial charge < -0.3 is 20.1 Å². The molecule has 2 N–H and O–H groups in total. The van der Waals surface area contributed by atoms with E-state index in [4.69, 9.17) is 9.47 Å². The summed E-state index contributed by atoms with van der Waals surface area (Å²) in [6, 6.07) is 8.09. The molecule has 0 saturated heterocycles. The van der Waals surface area contributed by atoms with E-state index >= 15 is 0 Å². The summed E-state index contributed by atoms with van der Waals surface area (Å²) in [5, 5.41) is 6.43. The number of nitrogens with zero attached hydrogens (tertiary/aromatic N) is 1. The van der Waals surface area contributed by atoms with Crippen LogP contribution in [0, 0.1) is 0 Å². The molecule has 0 aliphatic heterocycles. The Hall–Kier alpha value is -1.02. The second-order valence-electron chi connectivity index (χ2n) is 4.02. The molecular weight excluding hydrogens is 369 g/mol. The van der Waals surface area contributed by atoms with Gasteiger partial charge in [0.1, 0.15) is 5.75 Å². The first-order valence-electron chi connectivity index (χ1n) is 6.36. The van der Waals surface area contributed by atoms with Gasteiger partial charge in [0.05, 0.1) is 13.7 Å². The lowest BCUT2D eigenvalue weighted by Gasteiger charge is -2.11. The fourth-order valence-electron chi connectivity index (χ4n) is 1.61. The molecule has 0 fully saturated rings. The Morgan fingerprint density at radius 3 is 2.30 bits per heavy atom. The van der Waals surface area contributed by atoms with E-state index < -0.39 is 0 Å². The van der Waals surface area contributed by atoms with Crippen LogP contribution in [0.25, 0.3) is 0 Å². The maximum Gasteiger partial charge on any atom is 0.191 e. The zero-order chi connectivity index (χ0) is 13.9. The summed E-state index contributed by atoms with van der Waals surface area (Å²) < 4.78 is 10.1. The molecule has 5 nitrogen and oxygen atoms in total. The van der Waals surface area contributed by atoms with Gasteiger partial charge in [0, 0.05) is 27.2 Å². The fraction of sp³-hybridized carbons (Fsp3) is 0.500. The molecular formula is C14H24IN3O2. The summed E-state index contributed by atoms with van der Waals surface area (Å²) in [6.45, 7) is 2.25. The van der Waals surface area contributed by atoms with Crippen molar-refractivity contribution in [2.24, 2.45) is 4.99 Å². The van der Waals surface area contributed by atoms with Gasteiger partial charge in [-0.2, -0.15) is 0 Å². The van der Waals surface area contributed by atoms with Gasteiger partial charge >= 0.3 is 0 Å². The number of hydrogen-bond acceptors (Lipinski definition) is 3. The number of methoxy groups -OCH3 is 2. The van der Waals surface area contributed by atoms with Crippen LogP contribution in [0.5, 0.6) is 5.75 Å². The molecule has 20 heavy (non-hydrogen) atoms. The van der Waals surface area contributed by atoms with Crippen LogP contribution in [0.1, 0.15) is 5.56 Å². The molecule has 0 aromatic heterocycles. The van der Waals surface area contributed by atoms with Crippen molar-refractivity contribution in [3.8, 4) is 5.75 Å². The standard InChI is InChI=1S/C14H23N3O2.HI/c1-15-14(17-10-11-18-2)16-9-8-12-4-6-13(19-3)7-5-12;/h4-7H,8-11H2,1-3H3,(H2,15,16,17);1H. The van der Waals surface area contributed by atoms with E-state index in [1.54, 1.807) is 21.3 Å². The predicted molar refractivity (Wildman–Crippen MR) is 93.4 cm³/mol. The first-order valence-corrected chi connectivity index (χ1v) is 6.36. The number of aliphatic imine (C=N–C) groups is 1. The summed E-state index contributed by atoms with van der Waals surface area (Å²) in [5.41, 5.74) is 1.26. The van der Waals surface area contributed by atoms with Crippen LogP contribution < -0.4 is 15.4 Å². The Morgan fingerprint density at radius 2 is 1.75 bits per heavy atom. The minimum atomic E-state index is 0. The van der Waals surface area contributed by atoms with Crippen LogP contribution in [0.15, 0.2) is 29.3 Å². The van der Waals surface area contributed by atoms with Crippen molar-refractivity contribution in [3.63, 3.8) is 0 Å². The maximum atomic E-state index is 5.13. The molecule has 0 bridgehead atoms. The number of hydrogen-bond donors (Lipinski definition) is 2. The summed E-state index contributed by atoms with van der Waals surface area (Å²) in [4.78, 5) is 4.14. The van der Waals surface area contributed by atoms with Gasteiger partial charge in [0.2, 0.25) is 0 Å². The normalized spacial score (nSPS) is 10.7. The van der Waals surface area contributed by atoms with Crippen molar-refractivity contribution >= 4 is 29.9 Å². The highest BCUT2D eigenvalue weighted by atomic mass is 127. The van der Waals surface area contributed by atoms with Crippen molar-refractivity contribution in [2.45, 2.75) is 6.42 Å². The minimum absolute atomic E-state index is 0. The molecule has 1 rings (SSSR count). The molecule has 0 heterocycles. The highest BCUT2D eigenvalue weighted by Crippen LogP contribution is 2.11. The Morgan fingerprint density at radius 1 is 1.10 bits per heavy atom. The van der Waals surface area contributed by atoms with E-state index in [1.165, 1.54) is 5.56 Å². The SMILES string of the molecule is CN=C(NCCOC)NCCc1ccc(OC)cc1.I. The highest BCUT2D eigenvalue weighted by Gasteiger charge is 1.98.